The molecular weight excluding hydrogens is 334 g/mol. The van der Waals surface area contributed by atoms with Crippen LogP contribution in [0.3, 0.4) is 0 Å². The number of carbonyl (C=O) groups excluding carboxylic acids is 1. The molecular formula is C17H30ClNO3S. The first-order valence-corrected chi connectivity index (χ1v) is 7.23. The summed E-state index contributed by atoms with van der Waals surface area (Å²) in [6.45, 7) is 11.5. The molecule has 0 aliphatic heterocycles. The van der Waals surface area contributed by atoms with Gasteiger partial charge in [0, 0.05) is 0 Å². The molecule has 4 nitrogen and oxygen atoms in total. The molecule has 0 saturated carbocycles. The third-order valence-electron chi connectivity index (χ3n) is 2.51. The molecule has 0 fully saturated rings. The van der Waals surface area contributed by atoms with E-state index in [4.69, 9.17) is 15.2 Å². The monoisotopic (exact) mass is 363 g/mol. The van der Waals surface area contributed by atoms with Crippen molar-refractivity contribution in [2.75, 3.05) is 0 Å². The normalized spacial score (nSPS) is 12.5. The number of esters is 1. The van der Waals surface area contributed by atoms with Gasteiger partial charge in [-0.2, -0.15) is 13.5 Å². The van der Waals surface area contributed by atoms with Crippen LogP contribution in [0.1, 0.15) is 47.1 Å². The largest absolute Gasteiger partial charge is 0.488 e. The van der Waals surface area contributed by atoms with Gasteiger partial charge >= 0.3 is 5.97 Å². The Kier molecular flexibility index (Phi) is 9.95. The van der Waals surface area contributed by atoms with Gasteiger partial charge < -0.3 is 15.2 Å². The molecule has 1 aromatic rings. The molecule has 0 spiro atoms. The first-order valence-electron chi connectivity index (χ1n) is 7.23. The Morgan fingerprint density at radius 3 is 1.91 bits per heavy atom. The van der Waals surface area contributed by atoms with Crippen molar-refractivity contribution in [3.05, 3.63) is 29.8 Å². The predicted octanol–water partition coefficient (Wildman–Crippen LogP) is 3.61. The van der Waals surface area contributed by atoms with E-state index in [1.807, 2.05) is 65.8 Å². The van der Waals surface area contributed by atoms with Gasteiger partial charge in [-0.15, -0.1) is 12.4 Å². The lowest BCUT2D eigenvalue weighted by Gasteiger charge is -2.22. The summed E-state index contributed by atoms with van der Waals surface area (Å²) in [4.78, 5) is 11.8. The molecule has 0 aliphatic carbocycles. The fraction of sp³-hybridized carbons (Fsp3) is 0.588. The molecule has 1 rings (SSSR count). The number of nitrogens with two attached hydrogens (primary N) is 1. The number of benzene rings is 1. The maximum absolute atomic E-state index is 11.8. The van der Waals surface area contributed by atoms with Crippen molar-refractivity contribution in [3.8, 4) is 5.75 Å². The molecule has 0 bridgehead atoms. The van der Waals surface area contributed by atoms with Crippen molar-refractivity contribution < 1.29 is 14.3 Å². The maximum Gasteiger partial charge on any atom is 0.323 e. The molecule has 0 radical (unpaired) electrons. The van der Waals surface area contributed by atoms with E-state index in [-0.39, 0.29) is 37.5 Å². The van der Waals surface area contributed by atoms with Crippen LogP contribution in [-0.2, 0) is 16.0 Å². The average Bonchev–Trinajstić information content (AvgIpc) is 2.27. The van der Waals surface area contributed by atoms with Crippen molar-refractivity contribution in [3.63, 3.8) is 0 Å². The highest BCUT2D eigenvalue weighted by Crippen LogP contribution is 2.19. The predicted molar refractivity (Wildman–Crippen MR) is 102 cm³/mol. The number of ether oxygens (including phenoxy) is 2. The molecule has 6 heteroatoms. The van der Waals surface area contributed by atoms with Gasteiger partial charge in [0.2, 0.25) is 0 Å². The van der Waals surface area contributed by atoms with Gasteiger partial charge in [-0.3, -0.25) is 4.79 Å². The number of hydrogen-bond donors (Lipinski definition) is 1. The highest BCUT2D eigenvalue weighted by Gasteiger charge is 2.22. The van der Waals surface area contributed by atoms with E-state index in [0.29, 0.717) is 6.42 Å². The molecule has 23 heavy (non-hydrogen) atoms. The third kappa shape index (κ3) is 10.5. The van der Waals surface area contributed by atoms with Crippen molar-refractivity contribution in [1.82, 2.24) is 0 Å². The second kappa shape index (κ2) is 9.40. The minimum atomic E-state index is -0.654. The van der Waals surface area contributed by atoms with Crippen LogP contribution in [0, 0.1) is 0 Å². The van der Waals surface area contributed by atoms with E-state index in [0.717, 1.165) is 11.3 Å². The second-order valence-corrected chi connectivity index (χ2v) is 7.20. The Morgan fingerprint density at radius 2 is 1.52 bits per heavy atom. The van der Waals surface area contributed by atoms with E-state index in [1.165, 1.54) is 0 Å². The summed E-state index contributed by atoms with van der Waals surface area (Å²) >= 11 is 0. The van der Waals surface area contributed by atoms with E-state index in [2.05, 4.69) is 0 Å². The van der Waals surface area contributed by atoms with Gasteiger partial charge in [0.15, 0.2) is 0 Å². The Balaban J connectivity index is 0. The molecule has 1 atom stereocenters. The smallest absolute Gasteiger partial charge is 0.323 e. The minimum absolute atomic E-state index is 0. The first-order chi connectivity index (χ1) is 9.46. The van der Waals surface area contributed by atoms with Crippen molar-refractivity contribution in [1.29, 1.82) is 0 Å². The summed E-state index contributed by atoms with van der Waals surface area (Å²) in [6.07, 6.45) is 0.449. The molecule has 0 saturated heterocycles. The molecule has 0 aromatic heterocycles. The zero-order valence-electron chi connectivity index (χ0n) is 14.8. The third-order valence-corrected chi connectivity index (χ3v) is 2.51. The molecule has 1 aromatic carbocycles. The minimum Gasteiger partial charge on any atom is -0.488 e. The van der Waals surface area contributed by atoms with Crippen LogP contribution in [0.2, 0.25) is 0 Å². The number of hydrogen-bond acceptors (Lipinski definition) is 4. The average molecular weight is 364 g/mol. The Labute approximate surface area is 153 Å². The Hall–Kier alpha value is -0.910. The summed E-state index contributed by atoms with van der Waals surface area (Å²) < 4.78 is 11.0. The maximum atomic E-state index is 11.8. The zero-order valence-corrected chi connectivity index (χ0v) is 16.6. The number of carbonyl (C=O) groups is 1. The summed E-state index contributed by atoms with van der Waals surface area (Å²) in [6, 6.07) is 6.97. The van der Waals surface area contributed by atoms with E-state index in [9.17, 15) is 4.79 Å². The lowest BCUT2D eigenvalue weighted by atomic mass is 10.1. The van der Waals surface area contributed by atoms with Crippen molar-refractivity contribution in [2.45, 2.75) is 65.2 Å². The van der Waals surface area contributed by atoms with Gasteiger partial charge in [-0.1, -0.05) is 12.1 Å². The molecule has 0 aliphatic rings. The number of rotatable bonds is 4. The van der Waals surface area contributed by atoms with Crippen LogP contribution in [0.5, 0.6) is 5.75 Å². The highest BCUT2D eigenvalue weighted by molar-refractivity contribution is 7.59. The van der Waals surface area contributed by atoms with Crippen LogP contribution < -0.4 is 10.5 Å². The van der Waals surface area contributed by atoms with Gasteiger partial charge in [0.05, 0.1) is 0 Å². The van der Waals surface area contributed by atoms with E-state index >= 15 is 0 Å². The molecule has 0 unspecified atom stereocenters. The second-order valence-electron chi connectivity index (χ2n) is 7.20. The van der Waals surface area contributed by atoms with Crippen molar-refractivity contribution in [2.24, 2.45) is 5.73 Å². The van der Waals surface area contributed by atoms with Crippen LogP contribution in [0.4, 0.5) is 0 Å². The summed E-state index contributed by atoms with van der Waals surface area (Å²) in [5, 5.41) is 0. The van der Waals surface area contributed by atoms with Crippen molar-refractivity contribution >= 4 is 31.9 Å². The van der Waals surface area contributed by atoms with Crippen LogP contribution in [0.25, 0.3) is 0 Å². The zero-order chi connectivity index (χ0) is 16.3. The molecule has 134 valence electrons. The van der Waals surface area contributed by atoms with Gasteiger partial charge in [-0.25, -0.2) is 0 Å². The van der Waals surface area contributed by atoms with E-state index < -0.39 is 11.6 Å². The lowest BCUT2D eigenvalue weighted by molar-refractivity contribution is -0.156. The standard InChI is InChI=1S/C17H27NO3.ClH.H2S/c1-16(2,3)20-13-9-7-12(8-10-13)11-14(18)15(19)21-17(4,5)6;;/h7-10,14H,11,18H2,1-6H3;1H;1H2/t14-;;/m0../s1. The van der Waals surface area contributed by atoms with E-state index in [1.54, 1.807) is 0 Å². The fourth-order valence-corrected chi connectivity index (χ4v) is 1.76. The summed E-state index contributed by atoms with van der Waals surface area (Å²) in [7, 11) is 0. The van der Waals surface area contributed by atoms with Gasteiger partial charge in [-0.05, 0) is 65.7 Å². The fourth-order valence-electron chi connectivity index (χ4n) is 1.76. The summed E-state index contributed by atoms with van der Waals surface area (Å²) in [5.74, 6) is 0.426. The SMILES string of the molecule is CC(C)(C)OC(=O)[C@@H](N)Cc1ccc(OC(C)(C)C)cc1.Cl.S. The molecule has 0 amide bonds. The topological polar surface area (TPSA) is 61.5 Å². The van der Waals surface area contributed by atoms with Crippen LogP contribution in [0.15, 0.2) is 24.3 Å². The Morgan fingerprint density at radius 1 is 1.04 bits per heavy atom. The quantitative estimate of drug-likeness (QED) is 0.830. The van der Waals surface area contributed by atoms with Gasteiger partial charge in [0.1, 0.15) is 23.0 Å². The highest BCUT2D eigenvalue weighted by atomic mass is 35.5. The number of halogens is 1. The van der Waals surface area contributed by atoms with Crippen LogP contribution in [-0.4, -0.2) is 23.2 Å². The van der Waals surface area contributed by atoms with Gasteiger partial charge in [0.25, 0.3) is 0 Å². The Bertz CT molecular complexity index is 478. The lowest BCUT2D eigenvalue weighted by Crippen LogP contribution is -2.38. The molecule has 2 N–H and O–H groups in total. The first kappa shape index (κ1) is 24.3. The van der Waals surface area contributed by atoms with Crippen LogP contribution >= 0.6 is 25.9 Å². The summed E-state index contributed by atoms with van der Waals surface area (Å²) in [5.41, 5.74) is 6.13. The molecule has 0 heterocycles.